The molecule has 0 aliphatic carbocycles. The zero-order chi connectivity index (χ0) is 15.3. The lowest BCUT2D eigenvalue weighted by Crippen LogP contribution is -2.36. The standard InChI is InChI=1S/C14H18ClN5O/c1-3-16-12-17-11(15)18-13(19-12)20-14(2,9-21)10-7-5-4-6-8-10/h4-8,21H,3,9H2,1-2H3,(H2,16,17,18,19,20). The van der Waals surface area contributed by atoms with Crippen LogP contribution in [0.5, 0.6) is 0 Å². The number of anilines is 2. The third-order valence-electron chi connectivity index (χ3n) is 3.06. The Morgan fingerprint density at radius 3 is 2.43 bits per heavy atom. The van der Waals surface area contributed by atoms with Gasteiger partial charge >= 0.3 is 0 Å². The average Bonchev–Trinajstić information content (AvgIpc) is 2.48. The fraction of sp³-hybridized carbons (Fsp3) is 0.357. The second-order valence-electron chi connectivity index (χ2n) is 4.76. The first kappa shape index (κ1) is 15.5. The zero-order valence-electron chi connectivity index (χ0n) is 12.0. The molecule has 6 nitrogen and oxygen atoms in total. The zero-order valence-corrected chi connectivity index (χ0v) is 12.7. The van der Waals surface area contributed by atoms with Gasteiger partial charge in [0.1, 0.15) is 0 Å². The SMILES string of the molecule is CCNc1nc(Cl)nc(NC(C)(CO)c2ccccc2)n1. The lowest BCUT2D eigenvalue weighted by atomic mass is 9.93. The van der Waals surface area contributed by atoms with E-state index in [1.54, 1.807) is 0 Å². The van der Waals surface area contributed by atoms with Crippen LogP contribution in [0, 0.1) is 0 Å². The molecular weight excluding hydrogens is 290 g/mol. The number of hydrogen-bond donors (Lipinski definition) is 3. The van der Waals surface area contributed by atoms with Crippen LogP contribution in [0.3, 0.4) is 0 Å². The number of aliphatic hydroxyl groups is 1. The van der Waals surface area contributed by atoms with Gasteiger partial charge in [0.05, 0.1) is 12.1 Å². The summed E-state index contributed by atoms with van der Waals surface area (Å²) in [6.07, 6.45) is 0. The molecule has 0 bridgehead atoms. The molecule has 0 spiro atoms. The largest absolute Gasteiger partial charge is 0.394 e. The summed E-state index contributed by atoms with van der Waals surface area (Å²) < 4.78 is 0. The minimum Gasteiger partial charge on any atom is -0.394 e. The van der Waals surface area contributed by atoms with E-state index in [0.29, 0.717) is 18.4 Å². The van der Waals surface area contributed by atoms with Gasteiger partial charge in [-0.15, -0.1) is 0 Å². The van der Waals surface area contributed by atoms with Crippen molar-refractivity contribution in [2.75, 3.05) is 23.8 Å². The molecule has 1 unspecified atom stereocenters. The molecule has 21 heavy (non-hydrogen) atoms. The number of aliphatic hydroxyl groups excluding tert-OH is 1. The van der Waals surface area contributed by atoms with E-state index in [-0.39, 0.29) is 11.9 Å². The topological polar surface area (TPSA) is 83.0 Å². The molecule has 0 amide bonds. The van der Waals surface area contributed by atoms with Crippen LogP contribution in [-0.2, 0) is 5.54 Å². The molecule has 1 atom stereocenters. The van der Waals surface area contributed by atoms with E-state index in [0.717, 1.165) is 5.56 Å². The first-order chi connectivity index (χ1) is 10.1. The quantitative estimate of drug-likeness (QED) is 0.759. The summed E-state index contributed by atoms with van der Waals surface area (Å²) >= 11 is 5.90. The van der Waals surface area contributed by atoms with Gasteiger partial charge in [-0.1, -0.05) is 30.3 Å². The molecular formula is C14H18ClN5O. The van der Waals surface area contributed by atoms with Gasteiger partial charge in [-0.2, -0.15) is 15.0 Å². The van der Waals surface area contributed by atoms with E-state index in [4.69, 9.17) is 11.6 Å². The van der Waals surface area contributed by atoms with Gasteiger partial charge in [-0.3, -0.25) is 0 Å². The summed E-state index contributed by atoms with van der Waals surface area (Å²) in [6.45, 7) is 4.37. The van der Waals surface area contributed by atoms with Gasteiger partial charge in [-0.25, -0.2) is 0 Å². The van der Waals surface area contributed by atoms with E-state index in [1.807, 2.05) is 44.2 Å². The molecule has 0 aliphatic heterocycles. The van der Waals surface area contributed by atoms with Crippen LogP contribution >= 0.6 is 11.6 Å². The Balaban J connectivity index is 2.30. The fourth-order valence-electron chi connectivity index (χ4n) is 1.90. The highest BCUT2D eigenvalue weighted by Crippen LogP contribution is 2.24. The second-order valence-corrected chi connectivity index (χ2v) is 5.10. The van der Waals surface area contributed by atoms with E-state index in [1.165, 1.54) is 0 Å². The van der Waals surface area contributed by atoms with E-state index >= 15 is 0 Å². The van der Waals surface area contributed by atoms with Crippen molar-refractivity contribution in [1.82, 2.24) is 15.0 Å². The Morgan fingerprint density at radius 2 is 1.81 bits per heavy atom. The van der Waals surface area contributed by atoms with Crippen LogP contribution in [-0.4, -0.2) is 33.2 Å². The lowest BCUT2D eigenvalue weighted by molar-refractivity contribution is 0.223. The monoisotopic (exact) mass is 307 g/mol. The van der Waals surface area contributed by atoms with Gasteiger partial charge < -0.3 is 15.7 Å². The summed E-state index contributed by atoms with van der Waals surface area (Å²) in [5, 5.41) is 16.0. The molecule has 0 fully saturated rings. The second kappa shape index (κ2) is 6.69. The van der Waals surface area contributed by atoms with Crippen LogP contribution in [0.25, 0.3) is 0 Å². The van der Waals surface area contributed by atoms with Crippen LogP contribution in [0.2, 0.25) is 5.28 Å². The van der Waals surface area contributed by atoms with Crippen LogP contribution in [0.4, 0.5) is 11.9 Å². The summed E-state index contributed by atoms with van der Waals surface area (Å²) in [5.41, 5.74) is 0.212. The summed E-state index contributed by atoms with van der Waals surface area (Å²) in [6, 6.07) is 9.60. The van der Waals surface area contributed by atoms with Gasteiger partial charge in [0.15, 0.2) is 0 Å². The molecule has 3 N–H and O–H groups in total. The highest BCUT2D eigenvalue weighted by atomic mass is 35.5. The third-order valence-corrected chi connectivity index (χ3v) is 3.23. The number of hydrogen-bond acceptors (Lipinski definition) is 6. The lowest BCUT2D eigenvalue weighted by Gasteiger charge is -2.29. The number of halogens is 1. The van der Waals surface area contributed by atoms with Crippen molar-refractivity contribution in [3.63, 3.8) is 0 Å². The number of nitrogens with zero attached hydrogens (tertiary/aromatic N) is 3. The minimum atomic E-state index is -0.713. The number of benzene rings is 1. The predicted octanol–water partition coefficient (Wildman–Crippen LogP) is 2.28. The van der Waals surface area contributed by atoms with E-state index < -0.39 is 5.54 Å². The molecule has 0 aliphatic rings. The Hall–Kier alpha value is -1.92. The first-order valence-corrected chi connectivity index (χ1v) is 7.05. The van der Waals surface area contributed by atoms with Gasteiger partial charge in [0.2, 0.25) is 17.2 Å². The van der Waals surface area contributed by atoms with Crippen molar-refractivity contribution in [2.24, 2.45) is 0 Å². The average molecular weight is 308 g/mol. The van der Waals surface area contributed by atoms with Gasteiger partial charge in [-0.05, 0) is 31.0 Å². The predicted molar refractivity (Wildman–Crippen MR) is 83.5 cm³/mol. The summed E-state index contributed by atoms with van der Waals surface area (Å²) in [5.74, 6) is 0.708. The molecule has 2 rings (SSSR count). The molecule has 2 aromatic rings. The molecule has 0 saturated carbocycles. The van der Waals surface area contributed by atoms with Crippen molar-refractivity contribution in [3.8, 4) is 0 Å². The Morgan fingerprint density at radius 1 is 1.14 bits per heavy atom. The molecule has 1 aromatic heterocycles. The summed E-state index contributed by atoms with van der Waals surface area (Å²) in [7, 11) is 0. The maximum atomic E-state index is 9.76. The smallest absolute Gasteiger partial charge is 0.229 e. The van der Waals surface area contributed by atoms with Crippen molar-refractivity contribution in [1.29, 1.82) is 0 Å². The van der Waals surface area contributed by atoms with Gasteiger partial charge in [0, 0.05) is 6.54 Å². The van der Waals surface area contributed by atoms with E-state index in [2.05, 4.69) is 25.6 Å². The molecule has 0 radical (unpaired) electrons. The minimum absolute atomic E-state index is 0.0943. The Labute approximate surface area is 128 Å². The van der Waals surface area contributed by atoms with Crippen molar-refractivity contribution in [2.45, 2.75) is 19.4 Å². The molecule has 7 heteroatoms. The normalized spacial score (nSPS) is 13.5. The highest BCUT2D eigenvalue weighted by Gasteiger charge is 2.26. The maximum Gasteiger partial charge on any atom is 0.229 e. The van der Waals surface area contributed by atoms with Crippen molar-refractivity contribution >= 4 is 23.5 Å². The number of aromatic nitrogens is 3. The maximum absolute atomic E-state index is 9.76. The first-order valence-electron chi connectivity index (χ1n) is 6.67. The Bertz CT molecular complexity index is 595. The third kappa shape index (κ3) is 3.80. The highest BCUT2D eigenvalue weighted by molar-refractivity contribution is 6.28. The van der Waals surface area contributed by atoms with Gasteiger partial charge in [0.25, 0.3) is 0 Å². The van der Waals surface area contributed by atoms with Crippen molar-refractivity contribution in [3.05, 3.63) is 41.2 Å². The molecule has 112 valence electrons. The molecule has 1 aromatic carbocycles. The number of nitrogens with one attached hydrogen (secondary N) is 2. The fourth-order valence-corrected chi connectivity index (χ4v) is 2.06. The molecule has 1 heterocycles. The van der Waals surface area contributed by atoms with E-state index in [9.17, 15) is 5.11 Å². The Kier molecular flexibility index (Phi) is 4.93. The molecule has 0 saturated heterocycles. The summed E-state index contributed by atoms with van der Waals surface area (Å²) in [4.78, 5) is 12.3. The number of rotatable bonds is 6. The van der Waals surface area contributed by atoms with Crippen LogP contribution in [0.15, 0.2) is 30.3 Å². The van der Waals surface area contributed by atoms with Crippen LogP contribution in [0.1, 0.15) is 19.4 Å². The van der Waals surface area contributed by atoms with Crippen LogP contribution < -0.4 is 10.6 Å². The van der Waals surface area contributed by atoms with Crippen molar-refractivity contribution < 1.29 is 5.11 Å².